The summed E-state index contributed by atoms with van der Waals surface area (Å²) in [6, 6.07) is 10.5. The standard InChI is InChI=1S/C19H17BrFN3O3/c1-2-9-27-17-8-3-13(10-16(17)20)12-22-24-19(26)11-18(25)23-15-6-4-14(21)5-7-15/h2-8,10,12H,1,9,11H2,(H,23,25)(H,24,26). The Morgan fingerprint density at radius 1 is 1.19 bits per heavy atom. The van der Waals surface area contributed by atoms with Crippen molar-refractivity contribution in [3.8, 4) is 5.75 Å². The van der Waals surface area contributed by atoms with E-state index in [1.165, 1.54) is 30.5 Å². The molecule has 0 aliphatic heterocycles. The number of carbonyl (C=O) groups is 2. The molecule has 0 fully saturated rings. The van der Waals surface area contributed by atoms with E-state index < -0.39 is 24.1 Å². The maximum absolute atomic E-state index is 12.8. The molecular formula is C19H17BrFN3O3. The normalized spacial score (nSPS) is 10.4. The lowest BCUT2D eigenvalue weighted by Crippen LogP contribution is -2.24. The van der Waals surface area contributed by atoms with Gasteiger partial charge in [0.25, 0.3) is 0 Å². The van der Waals surface area contributed by atoms with Crippen molar-refractivity contribution in [1.29, 1.82) is 0 Å². The van der Waals surface area contributed by atoms with Crippen molar-refractivity contribution in [2.24, 2.45) is 5.10 Å². The quantitative estimate of drug-likeness (QED) is 0.288. The van der Waals surface area contributed by atoms with Crippen LogP contribution in [0.5, 0.6) is 5.75 Å². The van der Waals surface area contributed by atoms with Crippen molar-refractivity contribution < 1.29 is 18.7 Å². The van der Waals surface area contributed by atoms with Gasteiger partial charge >= 0.3 is 0 Å². The van der Waals surface area contributed by atoms with Gasteiger partial charge in [-0.2, -0.15) is 5.10 Å². The number of hydrogen-bond acceptors (Lipinski definition) is 4. The molecule has 0 unspecified atom stereocenters. The highest BCUT2D eigenvalue weighted by Crippen LogP contribution is 2.25. The van der Waals surface area contributed by atoms with Gasteiger partial charge in [0.1, 0.15) is 24.6 Å². The van der Waals surface area contributed by atoms with Crippen LogP contribution in [0.4, 0.5) is 10.1 Å². The van der Waals surface area contributed by atoms with Gasteiger partial charge in [-0.3, -0.25) is 9.59 Å². The molecule has 0 aliphatic carbocycles. The molecule has 2 aromatic rings. The van der Waals surface area contributed by atoms with Gasteiger partial charge in [-0.15, -0.1) is 0 Å². The Hall–Kier alpha value is -3.00. The van der Waals surface area contributed by atoms with Crippen LogP contribution in [-0.2, 0) is 9.59 Å². The number of nitrogens with one attached hydrogen (secondary N) is 2. The van der Waals surface area contributed by atoms with E-state index in [2.05, 4.69) is 38.4 Å². The van der Waals surface area contributed by atoms with Gasteiger partial charge < -0.3 is 10.1 Å². The van der Waals surface area contributed by atoms with Crippen LogP contribution in [0.1, 0.15) is 12.0 Å². The highest BCUT2D eigenvalue weighted by molar-refractivity contribution is 9.10. The van der Waals surface area contributed by atoms with Gasteiger partial charge in [0, 0.05) is 5.69 Å². The molecule has 0 aromatic heterocycles. The Morgan fingerprint density at radius 2 is 1.93 bits per heavy atom. The number of hydrazone groups is 1. The van der Waals surface area contributed by atoms with Crippen LogP contribution in [0.3, 0.4) is 0 Å². The van der Waals surface area contributed by atoms with Crippen molar-refractivity contribution >= 4 is 39.6 Å². The molecule has 0 heterocycles. The molecule has 6 nitrogen and oxygen atoms in total. The van der Waals surface area contributed by atoms with Crippen LogP contribution in [0.2, 0.25) is 0 Å². The van der Waals surface area contributed by atoms with Crippen LogP contribution in [0.15, 0.2) is 64.7 Å². The molecule has 0 bridgehead atoms. The summed E-state index contributed by atoms with van der Waals surface area (Å²) in [5, 5.41) is 6.31. The van der Waals surface area contributed by atoms with E-state index in [4.69, 9.17) is 4.74 Å². The van der Waals surface area contributed by atoms with Crippen LogP contribution in [0, 0.1) is 5.82 Å². The predicted molar refractivity (Wildman–Crippen MR) is 105 cm³/mol. The van der Waals surface area contributed by atoms with E-state index in [-0.39, 0.29) is 0 Å². The number of ether oxygens (including phenoxy) is 1. The molecule has 0 aliphatic rings. The van der Waals surface area contributed by atoms with E-state index >= 15 is 0 Å². The molecule has 27 heavy (non-hydrogen) atoms. The minimum atomic E-state index is -0.573. The summed E-state index contributed by atoms with van der Waals surface area (Å²) >= 11 is 3.38. The SMILES string of the molecule is C=CCOc1ccc(C=NNC(=O)CC(=O)Nc2ccc(F)cc2)cc1Br. The number of nitrogens with zero attached hydrogens (tertiary/aromatic N) is 1. The molecule has 140 valence electrons. The van der Waals surface area contributed by atoms with Gasteiger partial charge in [-0.1, -0.05) is 12.7 Å². The molecule has 2 rings (SSSR count). The fourth-order valence-electron chi connectivity index (χ4n) is 1.97. The second kappa shape index (κ2) is 10.2. The molecular weight excluding hydrogens is 417 g/mol. The fraction of sp³-hybridized carbons (Fsp3) is 0.105. The number of rotatable bonds is 8. The first-order valence-corrected chi connectivity index (χ1v) is 8.68. The first kappa shape index (κ1) is 20.3. The zero-order chi connectivity index (χ0) is 19.6. The van der Waals surface area contributed by atoms with Gasteiger partial charge in [0.05, 0.1) is 10.7 Å². The van der Waals surface area contributed by atoms with Crippen LogP contribution in [-0.4, -0.2) is 24.6 Å². The number of benzene rings is 2. The monoisotopic (exact) mass is 433 g/mol. The summed E-state index contributed by atoms with van der Waals surface area (Å²) < 4.78 is 19.0. The lowest BCUT2D eigenvalue weighted by atomic mass is 10.2. The number of halogens is 2. The smallest absolute Gasteiger partial charge is 0.249 e. The molecule has 0 spiro atoms. The summed E-state index contributed by atoms with van der Waals surface area (Å²) in [4.78, 5) is 23.5. The van der Waals surface area contributed by atoms with Crippen LogP contribution >= 0.6 is 15.9 Å². The van der Waals surface area contributed by atoms with Gasteiger partial charge in [0.15, 0.2) is 0 Å². The molecule has 8 heteroatoms. The lowest BCUT2D eigenvalue weighted by molar-refractivity contribution is -0.126. The van der Waals surface area contributed by atoms with Crippen LogP contribution < -0.4 is 15.5 Å². The van der Waals surface area contributed by atoms with Gasteiger partial charge in [-0.05, 0) is 64.0 Å². The Balaban J connectivity index is 1.82. The van der Waals surface area contributed by atoms with Gasteiger partial charge in [0.2, 0.25) is 11.8 Å². The number of amides is 2. The average Bonchev–Trinajstić information content (AvgIpc) is 2.63. The third-order valence-electron chi connectivity index (χ3n) is 3.16. The Morgan fingerprint density at radius 3 is 2.59 bits per heavy atom. The van der Waals surface area contributed by atoms with E-state index in [0.29, 0.717) is 18.0 Å². The second-order valence-corrected chi connectivity index (χ2v) is 6.17. The molecule has 0 saturated heterocycles. The minimum Gasteiger partial charge on any atom is -0.488 e. The Bertz CT molecular complexity index is 854. The largest absolute Gasteiger partial charge is 0.488 e. The van der Waals surface area contributed by atoms with Crippen molar-refractivity contribution in [1.82, 2.24) is 5.43 Å². The molecule has 2 aromatic carbocycles. The van der Waals surface area contributed by atoms with Crippen molar-refractivity contribution in [3.63, 3.8) is 0 Å². The highest BCUT2D eigenvalue weighted by atomic mass is 79.9. The summed E-state index contributed by atoms with van der Waals surface area (Å²) in [5.74, 6) is -0.850. The Kier molecular flexibility index (Phi) is 7.69. The minimum absolute atomic E-state index is 0.391. The maximum Gasteiger partial charge on any atom is 0.249 e. The molecule has 2 N–H and O–H groups in total. The third kappa shape index (κ3) is 7.02. The summed E-state index contributed by atoms with van der Waals surface area (Å²) in [5.41, 5.74) is 3.40. The first-order valence-electron chi connectivity index (χ1n) is 7.88. The molecule has 0 atom stereocenters. The van der Waals surface area contributed by atoms with E-state index in [1.807, 2.05) is 0 Å². The lowest BCUT2D eigenvalue weighted by Gasteiger charge is -2.06. The third-order valence-corrected chi connectivity index (χ3v) is 3.78. The predicted octanol–water partition coefficient (Wildman–Crippen LogP) is 3.63. The Labute approximate surface area is 164 Å². The van der Waals surface area contributed by atoms with Crippen molar-refractivity contribution in [2.75, 3.05) is 11.9 Å². The van der Waals surface area contributed by atoms with Crippen molar-refractivity contribution in [3.05, 3.63) is 71.0 Å². The van der Waals surface area contributed by atoms with Crippen molar-refractivity contribution in [2.45, 2.75) is 6.42 Å². The second-order valence-electron chi connectivity index (χ2n) is 5.31. The summed E-state index contributed by atoms with van der Waals surface area (Å²) in [6.45, 7) is 3.97. The number of carbonyl (C=O) groups excluding carboxylic acids is 2. The molecule has 0 radical (unpaired) electrons. The van der Waals surface area contributed by atoms with E-state index in [9.17, 15) is 14.0 Å². The average molecular weight is 434 g/mol. The summed E-state index contributed by atoms with van der Waals surface area (Å²) in [7, 11) is 0. The molecule has 0 saturated carbocycles. The molecule has 2 amide bonds. The van der Waals surface area contributed by atoms with Crippen LogP contribution in [0.25, 0.3) is 0 Å². The number of anilines is 1. The number of hydrogen-bond donors (Lipinski definition) is 2. The highest BCUT2D eigenvalue weighted by Gasteiger charge is 2.09. The van der Waals surface area contributed by atoms with Gasteiger partial charge in [-0.25, -0.2) is 9.82 Å². The van der Waals surface area contributed by atoms with E-state index in [1.54, 1.807) is 24.3 Å². The summed E-state index contributed by atoms with van der Waals surface area (Å²) in [6.07, 6.45) is 2.67. The topological polar surface area (TPSA) is 79.8 Å². The fourth-order valence-corrected chi connectivity index (χ4v) is 2.48. The van der Waals surface area contributed by atoms with E-state index in [0.717, 1.165) is 10.0 Å². The zero-order valence-corrected chi connectivity index (χ0v) is 15.8. The maximum atomic E-state index is 12.8. The zero-order valence-electron chi connectivity index (χ0n) is 14.2. The first-order chi connectivity index (χ1) is 13.0.